The Morgan fingerprint density at radius 3 is 2.41 bits per heavy atom. The van der Waals surface area contributed by atoms with Crippen LogP contribution in [-0.4, -0.2) is 24.4 Å². The Balaban J connectivity index is 1.83. The number of aromatic nitrogens is 1. The maximum Gasteiger partial charge on any atom is 0.257 e. The number of rotatable bonds is 5. The molecule has 3 rings (SSSR count). The zero-order chi connectivity index (χ0) is 20.0. The fraction of sp³-hybridized carbons (Fsp3) is 0.450. The Morgan fingerprint density at radius 1 is 1.15 bits per heavy atom. The molecule has 2 aromatic rings. The Kier molecular flexibility index (Phi) is 4.94. The Morgan fingerprint density at radius 2 is 1.81 bits per heavy atom. The van der Waals surface area contributed by atoms with E-state index in [4.69, 9.17) is 0 Å². The summed E-state index contributed by atoms with van der Waals surface area (Å²) in [4.78, 5) is 12.9. The average molecular weight is 390 g/mol. The van der Waals surface area contributed by atoms with E-state index in [0.717, 1.165) is 24.2 Å². The van der Waals surface area contributed by atoms with Crippen molar-refractivity contribution in [1.29, 1.82) is 0 Å². The van der Waals surface area contributed by atoms with Crippen molar-refractivity contribution in [2.45, 2.75) is 63.9 Å². The first-order chi connectivity index (χ1) is 12.5. The largest absolute Gasteiger partial charge is 0.345 e. The smallest absolute Gasteiger partial charge is 0.257 e. The third-order valence-corrected chi connectivity index (χ3v) is 6.24. The number of amides is 1. The molecular formula is C20H27N3O3S. The molecule has 0 radical (unpaired) electrons. The highest BCUT2D eigenvalue weighted by Crippen LogP contribution is 2.38. The molecule has 0 unspecified atom stereocenters. The van der Waals surface area contributed by atoms with Crippen LogP contribution in [0.15, 0.2) is 35.2 Å². The lowest BCUT2D eigenvalue weighted by Gasteiger charge is -2.20. The molecule has 6 nitrogen and oxygen atoms in total. The number of sulfonamides is 1. The van der Waals surface area contributed by atoms with E-state index in [2.05, 4.69) is 14.6 Å². The second-order valence-corrected chi connectivity index (χ2v) is 9.91. The number of anilines is 1. The van der Waals surface area contributed by atoms with Gasteiger partial charge in [0.1, 0.15) is 0 Å². The van der Waals surface area contributed by atoms with Crippen LogP contribution in [0.1, 0.15) is 61.4 Å². The molecule has 7 heteroatoms. The molecule has 1 aromatic heterocycles. The summed E-state index contributed by atoms with van der Waals surface area (Å²) < 4.78 is 29.9. The van der Waals surface area contributed by atoms with Gasteiger partial charge in [0.05, 0.1) is 10.5 Å². The fourth-order valence-corrected chi connectivity index (χ4v) is 4.77. The molecule has 0 aliphatic heterocycles. The molecule has 0 bridgehead atoms. The van der Waals surface area contributed by atoms with Crippen molar-refractivity contribution in [1.82, 2.24) is 9.29 Å². The first-order valence-corrected chi connectivity index (χ1v) is 10.6. The lowest BCUT2D eigenvalue weighted by Crippen LogP contribution is -2.40. The molecule has 0 atom stereocenters. The van der Waals surface area contributed by atoms with Crippen molar-refractivity contribution in [2.75, 3.05) is 5.32 Å². The molecule has 1 aromatic carbocycles. The first-order valence-electron chi connectivity index (χ1n) is 9.12. The van der Waals surface area contributed by atoms with Crippen LogP contribution in [0.3, 0.4) is 0 Å². The number of benzene rings is 1. The first kappa shape index (κ1) is 19.6. The van der Waals surface area contributed by atoms with Crippen LogP contribution in [0.2, 0.25) is 0 Å². The van der Waals surface area contributed by atoms with Gasteiger partial charge in [-0.3, -0.25) is 4.79 Å². The maximum absolute atomic E-state index is 12.7. The van der Waals surface area contributed by atoms with Gasteiger partial charge in [-0.2, -0.15) is 0 Å². The molecule has 1 saturated carbocycles. The highest BCUT2D eigenvalue weighted by atomic mass is 32.2. The third-order valence-electron chi connectivity index (χ3n) is 4.48. The number of hydrogen-bond acceptors (Lipinski definition) is 3. The van der Waals surface area contributed by atoms with E-state index >= 15 is 0 Å². The summed E-state index contributed by atoms with van der Waals surface area (Å²) in [5, 5.41) is 2.83. The summed E-state index contributed by atoms with van der Waals surface area (Å²) in [5.41, 5.74) is 2.52. The summed E-state index contributed by atoms with van der Waals surface area (Å²) in [5.74, 6) is -0.228. The molecular weight excluding hydrogens is 362 g/mol. The fourth-order valence-electron chi connectivity index (χ4n) is 3.30. The minimum absolute atomic E-state index is 0.124. The van der Waals surface area contributed by atoms with Crippen molar-refractivity contribution >= 4 is 21.6 Å². The van der Waals surface area contributed by atoms with Crippen molar-refractivity contribution in [3.05, 3.63) is 47.3 Å². The molecule has 1 amide bonds. The Labute approximate surface area is 161 Å². The predicted molar refractivity (Wildman–Crippen MR) is 107 cm³/mol. The zero-order valence-corrected chi connectivity index (χ0v) is 17.3. The third kappa shape index (κ3) is 4.42. The van der Waals surface area contributed by atoms with Gasteiger partial charge in [-0.25, -0.2) is 13.1 Å². The van der Waals surface area contributed by atoms with Gasteiger partial charge in [0, 0.05) is 28.7 Å². The highest BCUT2D eigenvalue weighted by molar-refractivity contribution is 7.89. The van der Waals surface area contributed by atoms with Crippen molar-refractivity contribution in [3.63, 3.8) is 0 Å². The van der Waals surface area contributed by atoms with Gasteiger partial charge in [-0.05, 0) is 71.7 Å². The summed E-state index contributed by atoms with van der Waals surface area (Å²) in [6.07, 6.45) is 2.30. The van der Waals surface area contributed by atoms with E-state index in [1.54, 1.807) is 32.9 Å². The van der Waals surface area contributed by atoms with Gasteiger partial charge in [0.2, 0.25) is 10.0 Å². The summed E-state index contributed by atoms with van der Waals surface area (Å²) in [6.45, 7) is 9.31. The molecule has 1 fully saturated rings. The molecule has 0 saturated heterocycles. The number of aryl methyl sites for hydroxylation is 1. The second kappa shape index (κ2) is 6.80. The van der Waals surface area contributed by atoms with Crippen molar-refractivity contribution in [3.8, 4) is 0 Å². The lowest BCUT2D eigenvalue weighted by atomic mass is 10.1. The van der Waals surface area contributed by atoms with Crippen molar-refractivity contribution in [2.24, 2.45) is 0 Å². The summed E-state index contributed by atoms with van der Waals surface area (Å²) in [6, 6.07) is 8.71. The molecule has 27 heavy (non-hydrogen) atoms. The molecule has 146 valence electrons. The maximum atomic E-state index is 12.7. The van der Waals surface area contributed by atoms with Gasteiger partial charge in [-0.1, -0.05) is 6.07 Å². The quantitative estimate of drug-likeness (QED) is 0.817. The van der Waals surface area contributed by atoms with Crippen LogP contribution in [0.5, 0.6) is 0 Å². The SMILES string of the molecule is Cc1cc(C(=O)Nc2cccc(S(=O)(=O)NC(C)(C)C)c2)c(C)n1C1CC1. The topological polar surface area (TPSA) is 80.2 Å². The zero-order valence-electron chi connectivity index (χ0n) is 16.5. The minimum atomic E-state index is -3.66. The van der Waals surface area contributed by atoms with Crippen molar-refractivity contribution < 1.29 is 13.2 Å². The predicted octanol–water partition coefficient (Wildman–Crippen LogP) is 3.77. The molecule has 1 aliphatic rings. The standard InChI is InChI=1S/C20H27N3O3S/c1-13-11-18(14(2)23(13)16-9-10-16)19(24)21-15-7-6-8-17(12-15)27(25,26)22-20(3,4)5/h6-8,11-12,16,22H,9-10H2,1-5H3,(H,21,24). The molecule has 2 N–H and O–H groups in total. The van der Waals surface area contributed by atoms with Gasteiger partial charge in [0.15, 0.2) is 0 Å². The van der Waals surface area contributed by atoms with Crippen LogP contribution < -0.4 is 10.0 Å². The van der Waals surface area contributed by atoms with Gasteiger partial charge in [-0.15, -0.1) is 0 Å². The van der Waals surface area contributed by atoms with Crippen LogP contribution in [-0.2, 0) is 10.0 Å². The van der Waals surface area contributed by atoms with E-state index in [1.807, 2.05) is 19.9 Å². The number of nitrogens with zero attached hydrogens (tertiary/aromatic N) is 1. The van der Waals surface area contributed by atoms with Crippen LogP contribution in [0.25, 0.3) is 0 Å². The van der Waals surface area contributed by atoms with Gasteiger partial charge < -0.3 is 9.88 Å². The normalized spacial score (nSPS) is 15.0. The van der Waals surface area contributed by atoms with Crippen LogP contribution in [0.4, 0.5) is 5.69 Å². The Bertz CT molecular complexity index is 980. The summed E-state index contributed by atoms with van der Waals surface area (Å²) >= 11 is 0. The lowest BCUT2D eigenvalue weighted by molar-refractivity contribution is 0.102. The number of carbonyl (C=O) groups is 1. The average Bonchev–Trinajstić information content (AvgIpc) is 3.31. The number of nitrogens with one attached hydrogen (secondary N) is 2. The van der Waals surface area contributed by atoms with Crippen LogP contribution >= 0.6 is 0 Å². The Hall–Kier alpha value is -2.12. The van der Waals surface area contributed by atoms with Crippen LogP contribution in [0, 0.1) is 13.8 Å². The van der Waals surface area contributed by atoms with E-state index in [-0.39, 0.29) is 10.8 Å². The molecule has 1 aliphatic carbocycles. The minimum Gasteiger partial charge on any atom is -0.345 e. The van der Waals surface area contributed by atoms with E-state index in [9.17, 15) is 13.2 Å². The monoisotopic (exact) mass is 389 g/mol. The van der Waals surface area contributed by atoms with E-state index in [0.29, 0.717) is 17.3 Å². The highest BCUT2D eigenvalue weighted by Gasteiger charge is 2.28. The number of hydrogen-bond donors (Lipinski definition) is 2. The van der Waals surface area contributed by atoms with Gasteiger partial charge >= 0.3 is 0 Å². The molecule has 1 heterocycles. The number of carbonyl (C=O) groups excluding carboxylic acids is 1. The van der Waals surface area contributed by atoms with E-state index in [1.165, 1.54) is 12.1 Å². The second-order valence-electron chi connectivity index (χ2n) is 8.22. The van der Waals surface area contributed by atoms with Gasteiger partial charge in [0.25, 0.3) is 5.91 Å². The molecule has 0 spiro atoms. The summed E-state index contributed by atoms with van der Waals surface area (Å²) in [7, 11) is -3.66. The van der Waals surface area contributed by atoms with E-state index < -0.39 is 15.6 Å².